The molecule has 0 spiro atoms. The topological polar surface area (TPSA) is 20.2 Å². The number of hydrogen-bond donors (Lipinski definition) is 1. The maximum atomic E-state index is 13.0. The van der Waals surface area contributed by atoms with Crippen molar-refractivity contribution in [1.82, 2.24) is 0 Å². The van der Waals surface area contributed by atoms with Gasteiger partial charge in [0.1, 0.15) is 11.6 Å². The Balaban J connectivity index is 2.15. The Morgan fingerprint density at radius 3 is 2.07 bits per heavy atom. The van der Waals surface area contributed by atoms with Gasteiger partial charge in [-0.05, 0) is 43.4 Å². The number of aliphatic hydroxyl groups excluding tert-OH is 1. The fourth-order valence-corrected chi connectivity index (χ4v) is 2.00. The summed E-state index contributed by atoms with van der Waals surface area (Å²) in [4.78, 5) is 0. The minimum atomic E-state index is -0.538. The van der Waals surface area contributed by atoms with Crippen LogP contribution in [-0.4, -0.2) is 11.2 Å². The number of halogens is 2. The lowest BCUT2D eigenvalue weighted by Gasteiger charge is -2.25. The van der Waals surface area contributed by atoms with Crippen molar-refractivity contribution >= 4 is 0 Å². The number of rotatable bonds is 1. The molecule has 0 aliphatic heterocycles. The lowest BCUT2D eigenvalue weighted by molar-refractivity contribution is 0.138. The molecule has 1 N–H and O–H groups in total. The van der Waals surface area contributed by atoms with Crippen molar-refractivity contribution in [3.63, 3.8) is 0 Å². The summed E-state index contributed by atoms with van der Waals surface area (Å²) >= 11 is 0. The predicted octanol–water partition coefficient (Wildman–Crippen LogP) is 2.82. The van der Waals surface area contributed by atoms with Crippen molar-refractivity contribution in [3.8, 4) is 0 Å². The number of aliphatic hydroxyl groups is 1. The van der Waals surface area contributed by atoms with Crippen molar-refractivity contribution < 1.29 is 13.9 Å². The SMILES string of the molecule is OC1CC[C](c2cc(F)cc(F)c2)CC1. The minimum Gasteiger partial charge on any atom is -0.393 e. The zero-order valence-electron chi connectivity index (χ0n) is 8.34. The van der Waals surface area contributed by atoms with E-state index >= 15 is 0 Å². The van der Waals surface area contributed by atoms with Gasteiger partial charge in [-0.25, -0.2) is 8.78 Å². The van der Waals surface area contributed by atoms with E-state index in [-0.39, 0.29) is 6.10 Å². The number of benzene rings is 1. The van der Waals surface area contributed by atoms with Crippen LogP contribution in [0.4, 0.5) is 8.78 Å². The molecule has 1 aromatic carbocycles. The highest BCUT2D eigenvalue weighted by Gasteiger charge is 2.22. The summed E-state index contributed by atoms with van der Waals surface area (Å²) in [7, 11) is 0. The van der Waals surface area contributed by atoms with Gasteiger partial charge < -0.3 is 5.11 Å². The first-order valence-corrected chi connectivity index (χ1v) is 5.14. The smallest absolute Gasteiger partial charge is 0.126 e. The van der Waals surface area contributed by atoms with Gasteiger partial charge in [0.2, 0.25) is 0 Å². The molecule has 1 radical (unpaired) electrons. The van der Waals surface area contributed by atoms with Crippen LogP contribution >= 0.6 is 0 Å². The van der Waals surface area contributed by atoms with Gasteiger partial charge in [0.05, 0.1) is 6.10 Å². The van der Waals surface area contributed by atoms with Crippen molar-refractivity contribution in [3.05, 3.63) is 41.3 Å². The highest BCUT2D eigenvalue weighted by molar-refractivity contribution is 5.32. The van der Waals surface area contributed by atoms with E-state index in [1.54, 1.807) is 0 Å². The summed E-state index contributed by atoms with van der Waals surface area (Å²) in [6, 6.07) is 3.59. The Morgan fingerprint density at radius 1 is 1.00 bits per heavy atom. The summed E-state index contributed by atoms with van der Waals surface area (Å²) in [5.41, 5.74) is 0.638. The largest absolute Gasteiger partial charge is 0.393 e. The second kappa shape index (κ2) is 4.27. The molecule has 0 aromatic heterocycles. The van der Waals surface area contributed by atoms with Gasteiger partial charge in [0, 0.05) is 12.0 Å². The Labute approximate surface area is 87.7 Å². The van der Waals surface area contributed by atoms with E-state index < -0.39 is 11.6 Å². The van der Waals surface area contributed by atoms with Crippen LogP contribution in [0.3, 0.4) is 0 Å². The van der Waals surface area contributed by atoms with Crippen LogP contribution in [0.2, 0.25) is 0 Å². The Kier molecular flexibility index (Phi) is 3.00. The third kappa shape index (κ3) is 2.53. The summed E-state index contributed by atoms with van der Waals surface area (Å²) in [6.07, 6.45) is 2.57. The van der Waals surface area contributed by atoms with E-state index in [9.17, 15) is 13.9 Å². The Hall–Kier alpha value is -0.960. The first-order valence-electron chi connectivity index (χ1n) is 5.14. The van der Waals surface area contributed by atoms with Crippen LogP contribution in [-0.2, 0) is 0 Å². The summed E-state index contributed by atoms with van der Waals surface area (Å²) in [5.74, 6) is -0.0362. The van der Waals surface area contributed by atoms with Gasteiger partial charge in [-0.15, -0.1) is 0 Å². The first kappa shape index (κ1) is 10.6. The fraction of sp³-hybridized carbons (Fsp3) is 0.417. The maximum absolute atomic E-state index is 13.0. The average Bonchev–Trinajstić information content (AvgIpc) is 2.17. The predicted molar refractivity (Wildman–Crippen MR) is 53.2 cm³/mol. The van der Waals surface area contributed by atoms with Crippen molar-refractivity contribution in [2.45, 2.75) is 31.8 Å². The average molecular weight is 211 g/mol. The van der Waals surface area contributed by atoms with E-state index in [2.05, 4.69) is 0 Å². The third-order valence-corrected chi connectivity index (χ3v) is 2.83. The molecule has 1 aliphatic rings. The van der Waals surface area contributed by atoms with Crippen LogP contribution in [0.1, 0.15) is 31.2 Å². The quantitative estimate of drug-likeness (QED) is 0.757. The summed E-state index contributed by atoms with van der Waals surface area (Å²) in [6.45, 7) is 0. The Morgan fingerprint density at radius 2 is 1.53 bits per heavy atom. The molecule has 0 bridgehead atoms. The van der Waals surface area contributed by atoms with E-state index in [1.165, 1.54) is 12.1 Å². The Bertz CT molecular complexity index is 323. The second-order valence-corrected chi connectivity index (χ2v) is 3.99. The molecule has 0 unspecified atom stereocenters. The molecule has 0 atom stereocenters. The molecule has 0 saturated heterocycles. The molecular formula is C12H13F2O. The van der Waals surface area contributed by atoms with Gasteiger partial charge in [-0.1, -0.05) is 0 Å². The minimum absolute atomic E-state index is 0.257. The molecule has 0 amide bonds. The van der Waals surface area contributed by atoms with Crippen LogP contribution in [0, 0.1) is 17.6 Å². The molecule has 2 rings (SSSR count). The van der Waals surface area contributed by atoms with Crippen molar-refractivity contribution in [2.75, 3.05) is 0 Å². The van der Waals surface area contributed by atoms with E-state index in [4.69, 9.17) is 0 Å². The standard InChI is InChI=1S/C12H13F2O/c13-10-5-9(6-11(14)7-10)8-1-3-12(15)4-2-8/h5-7,12,15H,1-4H2. The van der Waals surface area contributed by atoms with E-state index in [1.807, 2.05) is 0 Å². The third-order valence-electron chi connectivity index (χ3n) is 2.83. The van der Waals surface area contributed by atoms with Crippen LogP contribution < -0.4 is 0 Å². The van der Waals surface area contributed by atoms with Gasteiger partial charge >= 0.3 is 0 Å². The normalized spacial score (nSPS) is 19.4. The molecule has 0 heterocycles. The fourth-order valence-electron chi connectivity index (χ4n) is 2.00. The zero-order valence-corrected chi connectivity index (χ0v) is 8.34. The highest BCUT2D eigenvalue weighted by atomic mass is 19.1. The summed E-state index contributed by atoms with van der Waals surface area (Å²) < 4.78 is 25.9. The molecule has 1 nitrogen and oxygen atoms in total. The second-order valence-electron chi connectivity index (χ2n) is 3.99. The molecule has 1 saturated carbocycles. The van der Waals surface area contributed by atoms with Crippen LogP contribution in [0.15, 0.2) is 18.2 Å². The maximum Gasteiger partial charge on any atom is 0.126 e. The van der Waals surface area contributed by atoms with E-state index in [0.717, 1.165) is 24.8 Å². The van der Waals surface area contributed by atoms with Gasteiger partial charge in [0.25, 0.3) is 0 Å². The molecule has 1 aliphatic carbocycles. The molecule has 81 valence electrons. The van der Waals surface area contributed by atoms with Crippen molar-refractivity contribution in [2.24, 2.45) is 0 Å². The van der Waals surface area contributed by atoms with E-state index in [0.29, 0.717) is 18.4 Å². The summed E-state index contributed by atoms with van der Waals surface area (Å²) in [5, 5.41) is 9.32. The van der Waals surface area contributed by atoms with Crippen LogP contribution in [0.5, 0.6) is 0 Å². The monoisotopic (exact) mass is 211 g/mol. The van der Waals surface area contributed by atoms with Gasteiger partial charge in [0.15, 0.2) is 0 Å². The number of hydrogen-bond acceptors (Lipinski definition) is 1. The highest BCUT2D eigenvalue weighted by Crippen LogP contribution is 2.32. The van der Waals surface area contributed by atoms with Gasteiger partial charge in [-0.2, -0.15) is 0 Å². The molecule has 3 heteroatoms. The first-order chi connectivity index (χ1) is 7.15. The van der Waals surface area contributed by atoms with Crippen molar-refractivity contribution in [1.29, 1.82) is 0 Å². The molecule has 1 aromatic rings. The molecule has 1 fully saturated rings. The molecule has 15 heavy (non-hydrogen) atoms. The zero-order chi connectivity index (χ0) is 10.8. The van der Waals surface area contributed by atoms with Crippen LogP contribution in [0.25, 0.3) is 0 Å². The lowest BCUT2D eigenvalue weighted by atomic mass is 9.83. The molecular weight excluding hydrogens is 198 g/mol. The lowest BCUT2D eigenvalue weighted by Crippen LogP contribution is -2.17. The van der Waals surface area contributed by atoms with Gasteiger partial charge in [-0.3, -0.25) is 0 Å².